The van der Waals surface area contributed by atoms with Gasteiger partial charge >= 0.3 is 6.03 Å². The van der Waals surface area contributed by atoms with Crippen LogP contribution in [0.2, 0.25) is 0 Å². The van der Waals surface area contributed by atoms with E-state index in [2.05, 4.69) is 21.1 Å². The average molecular weight is 430 g/mol. The second-order valence-electron chi connectivity index (χ2n) is 8.02. The second kappa shape index (κ2) is 7.25. The molecule has 1 aromatic carbocycles. The van der Waals surface area contributed by atoms with E-state index in [0.29, 0.717) is 10.9 Å². The monoisotopic (exact) mass is 429 g/mol. The fourth-order valence-electron chi connectivity index (χ4n) is 4.36. The lowest BCUT2D eigenvalue weighted by Crippen LogP contribution is -2.33. The molecule has 2 amide bonds. The maximum atomic E-state index is 12.5. The quantitative estimate of drug-likeness (QED) is 0.748. The standard InChI is InChI=1S/C21H23N3O3S2/c25-21(23-20-16-5-1-3-14(16)11-15-4-2-6-17(15)20)24-29(26,27)10-9-19-22-18(12-28-19)13-7-8-13/h9-13H,1-8H2,(H2,23,24,25)/b10-9+. The normalized spacial score (nSPS) is 18.1. The summed E-state index contributed by atoms with van der Waals surface area (Å²) in [6.45, 7) is 0. The average Bonchev–Trinajstić information content (AvgIpc) is 3.09. The number of thiazole rings is 1. The van der Waals surface area contributed by atoms with Crippen molar-refractivity contribution in [3.63, 3.8) is 0 Å². The Morgan fingerprint density at radius 2 is 1.79 bits per heavy atom. The summed E-state index contributed by atoms with van der Waals surface area (Å²) in [4.78, 5) is 16.9. The Kier molecular flexibility index (Phi) is 4.70. The molecular formula is C21H23N3O3S2. The van der Waals surface area contributed by atoms with Gasteiger partial charge in [-0.2, -0.15) is 0 Å². The minimum absolute atomic E-state index is 0.531. The number of amides is 2. The van der Waals surface area contributed by atoms with Gasteiger partial charge in [-0.3, -0.25) is 0 Å². The highest BCUT2D eigenvalue weighted by molar-refractivity contribution is 7.93. The SMILES string of the molecule is O=C(Nc1c2c(cc3c1CCC3)CCC2)NS(=O)(=O)/C=C/c1nc(C2CC2)cs1. The molecule has 3 aliphatic rings. The third-order valence-electron chi connectivity index (χ3n) is 5.87. The largest absolute Gasteiger partial charge is 0.333 e. The Labute approximate surface area is 174 Å². The highest BCUT2D eigenvalue weighted by atomic mass is 32.2. The maximum absolute atomic E-state index is 12.5. The molecule has 5 rings (SSSR count). The molecule has 2 aromatic rings. The van der Waals surface area contributed by atoms with E-state index in [9.17, 15) is 13.2 Å². The number of urea groups is 1. The number of fused-ring (bicyclic) bond motifs is 2. The zero-order valence-corrected chi connectivity index (χ0v) is 17.7. The number of sulfonamides is 1. The number of rotatable bonds is 5. The molecule has 8 heteroatoms. The van der Waals surface area contributed by atoms with Crippen LogP contribution in [0.15, 0.2) is 16.9 Å². The van der Waals surface area contributed by atoms with E-state index in [1.54, 1.807) is 0 Å². The van der Waals surface area contributed by atoms with Gasteiger partial charge in [-0.1, -0.05) is 6.07 Å². The van der Waals surface area contributed by atoms with Crippen LogP contribution in [0.5, 0.6) is 0 Å². The molecule has 0 bridgehead atoms. The van der Waals surface area contributed by atoms with Crippen molar-refractivity contribution in [3.8, 4) is 0 Å². The van der Waals surface area contributed by atoms with Crippen molar-refractivity contribution in [2.45, 2.75) is 57.3 Å². The van der Waals surface area contributed by atoms with Gasteiger partial charge in [0.2, 0.25) is 0 Å². The van der Waals surface area contributed by atoms with Gasteiger partial charge in [-0.15, -0.1) is 11.3 Å². The van der Waals surface area contributed by atoms with Crippen molar-refractivity contribution in [3.05, 3.63) is 49.8 Å². The smallest absolute Gasteiger partial charge is 0.307 e. The Morgan fingerprint density at radius 1 is 1.10 bits per heavy atom. The van der Waals surface area contributed by atoms with Gasteiger partial charge in [0, 0.05) is 17.0 Å². The van der Waals surface area contributed by atoms with E-state index in [0.717, 1.165) is 68.2 Å². The summed E-state index contributed by atoms with van der Waals surface area (Å²) in [6, 6.07) is 1.57. The van der Waals surface area contributed by atoms with Gasteiger partial charge in [-0.05, 0) is 79.7 Å². The fraction of sp³-hybridized carbons (Fsp3) is 0.429. The van der Waals surface area contributed by atoms with E-state index in [1.165, 1.54) is 39.7 Å². The highest BCUT2D eigenvalue weighted by Gasteiger charge is 2.27. The number of nitrogens with zero attached hydrogens (tertiary/aromatic N) is 1. The first-order valence-corrected chi connectivity index (χ1v) is 12.5. The van der Waals surface area contributed by atoms with E-state index in [-0.39, 0.29) is 0 Å². The third-order valence-corrected chi connectivity index (χ3v) is 7.66. The number of benzene rings is 1. The molecule has 1 heterocycles. The predicted molar refractivity (Wildman–Crippen MR) is 115 cm³/mol. The summed E-state index contributed by atoms with van der Waals surface area (Å²) in [7, 11) is -3.90. The molecule has 0 unspecified atom stereocenters. The second-order valence-corrected chi connectivity index (χ2v) is 10.5. The molecule has 2 N–H and O–H groups in total. The Hall–Kier alpha value is -2.19. The topological polar surface area (TPSA) is 88.2 Å². The van der Waals surface area contributed by atoms with Gasteiger partial charge in [0.1, 0.15) is 5.01 Å². The number of nitrogens with one attached hydrogen (secondary N) is 2. The number of hydrogen-bond donors (Lipinski definition) is 2. The first kappa shape index (κ1) is 18.8. The summed E-state index contributed by atoms with van der Waals surface area (Å²) in [5.74, 6) is 0.531. The molecule has 29 heavy (non-hydrogen) atoms. The van der Waals surface area contributed by atoms with Crippen LogP contribution in [0.3, 0.4) is 0 Å². The van der Waals surface area contributed by atoms with E-state index < -0.39 is 16.1 Å². The lowest BCUT2D eigenvalue weighted by Gasteiger charge is -2.16. The number of carbonyl (C=O) groups excluding carboxylic acids is 1. The molecule has 1 fully saturated rings. The summed E-state index contributed by atoms with van der Waals surface area (Å²) < 4.78 is 26.8. The number of anilines is 1. The lowest BCUT2D eigenvalue weighted by molar-refractivity contribution is 0.256. The summed E-state index contributed by atoms with van der Waals surface area (Å²) in [5, 5.41) is 6.47. The van der Waals surface area contributed by atoms with Crippen molar-refractivity contribution >= 4 is 39.2 Å². The molecule has 0 radical (unpaired) electrons. The highest BCUT2D eigenvalue weighted by Crippen LogP contribution is 2.40. The van der Waals surface area contributed by atoms with Crippen LogP contribution in [0.4, 0.5) is 10.5 Å². The molecule has 3 aliphatic carbocycles. The predicted octanol–water partition coefficient (Wildman–Crippen LogP) is 4.12. The maximum Gasteiger partial charge on any atom is 0.333 e. The number of hydrogen-bond acceptors (Lipinski definition) is 5. The van der Waals surface area contributed by atoms with Crippen LogP contribution in [0, 0.1) is 0 Å². The summed E-state index contributed by atoms with van der Waals surface area (Å²) >= 11 is 1.42. The van der Waals surface area contributed by atoms with Gasteiger partial charge in [0.05, 0.1) is 11.1 Å². The molecular weight excluding hydrogens is 406 g/mol. The molecule has 1 aromatic heterocycles. The third kappa shape index (κ3) is 3.96. The Bertz CT molecular complexity index is 1080. The van der Waals surface area contributed by atoms with Crippen LogP contribution in [0.25, 0.3) is 6.08 Å². The van der Waals surface area contributed by atoms with E-state index >= 15 is 0 Å². The van der Waals surface area contributed by atoms with Crippen molar-refractivity contribution in [2.24, 2.45) is 0 Å². The zero-order chi connectivity index (χ0) is 20.0. The van der Waals surface area contributed by atoms with Gasteiger partial charge in [0.25, 0.3) is 10.0 Å². The van der Waals surface area contributed by atoms with Crippen molar-refractivity contribution < 1.29 is 13.2 Å². The van der Waals surface area contributed by atoms with Crippen molar-refractivity contribution in [1.82, 2.24) is 9.71 Å². The molecule has 1 saturated carbocycles. The minimum Gasteiger partial charge on any atom is -0.307 e. The Balaban J connectivity index is 1.30. The first-order valence-electron chi connectivity index (χ1n) is 10.1. The lowest BCUT2D eigenvalue weighted by atomic mass is 9.99. The van der Waals surface area contributed by atoms with Gasteiger partial charge in [-0.25, -0.2) is 22.9 Å². The van der Waals surface area contributed by atoms with Crippen LogP contribution >= 0.6 is 11.3 Å². The van der Waals surface area contributed by atoms with Gasteiger partial charge < -0.3 is 5.32 Å². The molecule has 6 nitrogen and oxygen atoms in total. The van der Waals surface area contributed by atoms with Gasteiger partial charge in [0.15, 0.2) is 0 Å². The van der Waals surface area contributed by atoms with Crippen LogP contribution < -0.4 is 10.0 Å². The molecule has 0 aliphatic heterocycles. The number of aromatic nitrogens is 1. The first-order chi connectivity index (χ1) is 14.0. The molecule has 0 saturated heterocycles. The zero-order valence-electron chi connectivity index (χ0n) is 16.0. The van der Waals surface area contributed by atoms with Crippen LogP contribution in [-0.2, 0) is 35.7 Å². The Morgan fingerprint density at radius 3 is 2.45 bits per heavy atom. The van der Waals surface area contributed by atoms with Crippen molar-refractivity contribution in [1.29, 1.82) is 0 Å². The summed E-state index contributed by atoms with van der Waals surface area (Å²) in [6.07, 6.45) is 9.81. The van der Waals surface area contributed by atoms with E-state index in [1.807, 2.05) is 5.38 Å². The van der Waals surface area contributed by atoms with Crippen molar-refractivity contribution in [2.75, 3.05) is 5.32 Å². The molecule has 152 valence electrons. The van der Waals surface area contributed by atoms with Crippen LogP contribution in [0.1, 0.15) is 64.6 Å². The van der Waals surface area contributed by atoms with E-state index in [4.69, 9.17) is 0 Å². The minimum atomic E-state index is -3.90. The number of aryl methyl sites for hydroxylation is 2. The van der Waals surface area contributed by atoms with Crippen LogP contribution in [-0.4, -0.2) is 19.4 Å². The molecule has 0 spiro atoms. The molecule has 0 atom stereocenters. The fourth-order valence-corrected chi connectivity index (χ4v) is 5.92. The number of carbonyl (C=O) groups is 1. The summed E-state index contributed by atoms with van der Waals surface area (Å²) in [5.41, 5.74) is 6.79.